The number of hydrogen-bond donors (Lipinski definition) is 2. The van der Waals surface area contributed by atoms with Crippen LogP contribution in [0.1, 0.15) is 87.5 Å². The van der Waals surface area contributed by atoms with Gasteiger partial charge in [0.25, 0.3) is 0 Å². The number of likely N-dealkylation sites (tertiary alicyclic amines) is 1. The van der Waals surface area contributed by atoms with Crippen LogP contribution in [0.25, 0.3) is 0 Å². The van der Waals surface area contributed by atoms with E-state index in [-0.39, 0.29) is 72.5 Å². The van der Waals surface area contributed by atoms with Gasteiger partial charge in [0.1, 0.15) is 6.10 Å². The predicted octanol–water partition coefficient (Wildman–Crippen LogP) is 3.06. The minimum Gasteiger partial charge on any atom is -0.379 e. The van der Waals surface area contributed by atoms with Crippen LogP contribution in [0, 0.1) is 11.3 Å². The molecule has 1 aliphatic rings. The molecule has 3 N–H and O–H groups in total. The minimum atomic E-state index is -0.345. The summed E-state index contributed by atoms with van der Waals surface area (Å²) in [5.41, 5.74) is 4.63. The molecule has 2 atom stereocenters. The average Bonchev–Trinajstić information content (AvgIpc) is 3.27. The van der Waals surface area contributed by atoms with Gasteiger partial charge in [-0.15, -0.1) is 0 Å². The lowest BCUT2D eigenvalue weighted by molar-refractivity contribution is -0.140. The smallest absolute Gasteiger partial charge is 0.233 e. The molecule has 1 aliphatic heterocycles. The van der Waals surface area contributed by atoms with Gasteiger partial charge in [-0.3, -0.25) is 19.3 Å². The Bertz CT molecular complexity index is 894. The van der Waals surface area contributed by atoms with Gasteiger partial charge in [0.2, 0.25) is 17.7 Å². The average molecular weight is 676 g/mol. The van der Waals surface area contributed by atoms with Gasteiger partial charge in [-0.05, 0) is 59.3 Å². The normalized spacial score (nSPS) is 16.7. The van der Waals surface area contributed by atoms with E-state index in [4.69, 9.17) is 38.9 Å². The van der Waals surface area contributed by atoms with Gasteiger partial charge in [0, 0.05) is 52.4 Å². The molecule has 13 heteroatoms. The first kappa shape index (κ1) is 43.3. The van der Waals surface area contributed by atoms with Gasteiger partial charge < -0.3 is 44.2 Å². The highest BCUT2D eigenvalue weighted by Gasteiger charge is 2.44. The molecule has 3 amide bonds. The summed E-state index contributed by atoms with van der Waals surface area (Å²) in [6.45, 7) is 21.1. The topological polar surface area (TPSA) is 157 Å². The minimum absolute atomic E-state index is 0.0794. The zero-order chi connectivity index (χ0) is 35.3. The van der Waals surface area contributed by atoms with Crippen LogP contribution in [0.2, 0.25) is 0 Å². The summed E-state index contributed by atoms with van der Waals surface area (Å²) < 4.78 is 40.2. The van der Waals surface area contributed by atoms with Gasteiger partial charge in [-0.1, -0.05) is 20.8 Å². The number of imide groups is 1. The van der Waals surface area contributed by atoms with Crippen molar-refractivity contribution in [3.05, 3.63) is 0 Å². The lowest BCUT2D eigenvalue weighted by Gasteiger charge is -2.24. The number of rotatable bonds is 28. The Hall–Kier alpha value is -1.71. The van der Waals surface area contributed by atoms with Gasteiger partial charge in [-0.25, -0.2) is 0 Å². The molecule has 0 spiro atoms. The Morgan fingerprint density at radius 1 is 0.851 bits per heavy atom. The van der Waals surface area contributed by atoms with Gasteiger partial charge in [-0.2, -0.15) is 0 Å². The van der Waals surface area contributed by atoms with Crippen molar-refractivity contribution >= 4 is 17.7 Å². The molecule has 0 saturated carbocycles. The molecular formula is C34H65N3O10. The standard InChI is InChI=1S/C34H65N3O10/c1-9-46-33(5,6)12-17-41-19-20-44-25-27(45-22-21-42-18-13-34(7,8)47-26-35)24-43-16-10-14-36-29(38)11-15-37-30(39)23-28(31(37)40)32(2,3)4/h27-28H,9-26,35H2,1-8H3,(H,36,38). The van der Waals surface area contributed by atoms with Crippen LogP contribution < -0.4 is 11.1 Å². The summed E-state index contributed by atoms with van der Waals surface area (Å²) in [6, 6.07) is 0. The number of ether oxygens (including phenoxy) is 7. The molecule has 2 unspecified atom stereocenters. The van der Waals surface area contributed by atoms with Crippen LogP contribution in [0.15, 0.2) is 0 Å². The highest BCUT2D eigenvalue weighted by Crippen LogP contribution is 2.35. The molecule has 0 radical (unpaired) electrons. The molecular weight excluding hydrogens is 610 g/mol. The predicted molar refractivity (Wildman–Crippen MR) is 179 cm³/mol. The molecule has 0 aromatic heterocycles. The summed E-state index contributed by atoms with van der Waals surface area (Å²) in [4.78, 5) is 38.5. The third-order valence-electron chi connectivity index (χ3n) is 7.91. The van der Waals surface area contributed by atoms with Crippen LogP contribution in [-0.4, -0.2) is 126 Å². The van der Waals surface area contributed by atoms with E-state index in [1.807, 2.05) is 41.5 Å². The molecule has 47 heavy (non-hydrogen) atoms. The van der Waals surface area contributed by atoms with Crippen molar-refractivity contribution in [2.45, 2.75) is 105 Å². The van der Waals surface area contributed by atoms with E-state index in [0.717, 1.165) is 6.42 Å². The zero-order valence-electron chi connectivity index (χ0n) is 30.5. The zero-order valence-corrected chi connectivity index (χ0v) is 30.5. The maximum Gasteiger partial charge on any atom is 0.233 e. The first-order chi connectivity index (χ1) is 22.1. The quantitative estimate of drug-likeness (QED) is 0.0714. The first-order valence-corrected chi connectivity index (χ1v) is 17.1. The number of nitrogens with zero attached hydrogens (tertiary/aromatic N) is 1. The number of nitrogens with one attached hydrogen (secondary N) is 1. The Labute approximate surface area is 283 Å². The van der Waals surface area contributed by atoms with E-state index in [9.17, 15) is 14.4 Å². The Morgan fingerprint density at radius 3 is 2.00 bits per heavy atom. The van der Waals surface area contributed by atoms with Crippen molar-refractivity contribution in [2.75, 3.05) is 85.9 Å². The first-order valence-electron chi connectivity index (χ1n) is 17.1. The summed E-state index contributed by atoms with van der Waals surface area (Å²) in [5, 5.41) is 2.83. The van der Waals surface area contributed by atoms with Crippen LogP contribution in [-0.2, 0) is 47.5 Å². The second-order valence-corrected chi connectivity index (χ2v) is 14.1. The van der Waals surface area contributed by atoms with Crippen molar-refractivity contribution in [3.63, 3.8) is 0 Å². The summed E-state index contributed by atoms with van der Waals surface area (Å²) in [5.74, 6) is -0.947. The Balaban J connectivity index is 2.33. The lowest BCUT2D eigenvalue weighted by Crippen LogP contribution is -2.37. The van der Waals surface area contributed by atoms with E-state index in [2.05, 4.69) is 19.2 Å². The van der Waals surface area contributed by atoms with Crippen LogP contribution in [0.5, 0.6) is 0 Å². The largest absolute Gasteiger partial charge is 0.379 e. The van der Waals surface area contributed by atoms with Crippen molar-refractivity contribution in [3.8, 4) is 0 Å². The molecule has 1 fully saturated rings. The number of amides is 3. The van der Waals surface area contributed by atoms with E-state index in [1.54, 1.807) is 0 Å². The maximum atomic E-state index is 12.6. The van der Waals surface area contributed by atoms with Crippen molar-refractivity contribution in [2.24, 2.45) is 17.1 Å². The van der Waals surface area contributed by atoms with Gasteiger partial charge in [0.15, 0.2) is 0 Å². The SMILES string of the molecule is CCOC(C)(C)CCOCCOCC(COCCCNC(=O)CCN1C(=O)CC(C(C)(C)C)C1=O)OCCOCCC(C)(C)OCN. The molecule has 0 aliphatic carbocycles. The van der Waals surface area contributed by atoms with Crippen LogP contribution in [0.4, 0.5) is 0 Å². The summed E-state index contributed by atoms with van der Waals surface area (Å²) in [7, 11) is 0. The highest BCUT2D eigenvalue weighted by molar-refractivity contribution is 6.04. The van der Waals surface area contributed by atoms with E-state index in [0.29, 0.717) is 85.5 Å². The third-order valence-corrected chi connectivity index (χ3v) is 7.91. The molecule has 1 saturated heterocycles. The van der Waals surface area contributed by atoms with E-state index >= 15 is 0 Å². The lowest BCUT2D eigenvalue weighted by atomic mass is 9.80. The molecule has 1 heterocycles. The number of hydrogen-bond acceptors (Lipinski definition) is 11. The number of carbonyl (C=O) groups is 3. The monoisotopic (exact) mass is 675 g/mol. The van der Waals surface area contributed by atoms with E-state index in [1.165, 1.54) is 4.90 Å². The van der Waals surface area contributed by atoms with Crippen molar-refractivity contribution < 1.29 is 47.5 Å². The Morgan fingerprint density at radius 2 is 1.43 bits per heavy atom. The third kappa shape index (κ3) is 19.8. The van der Waals surface area contributed by atoms with E-state index < -0.39 is 0 Å². The fourth-order valence-electron chi connectivity index (χ4n) is 4.86. The number of nitrogens with two attached hydrogens (primary N) is 1. The second kappa shape index (κ2) is 22.8. The molecule has 0 aromatic rings. The molecule has 276 valence electrons. The number of carbonyl (C=O) groups excluding carboxylic acids is 3. The molecule has 0 bridgehead atoms. The second-order valence-electron chi connectivity index (χ2n) is 14.1. The van der Waals surface area contributed by atoms with Gasteiger partial charge in [0.05, 0.1) is 63.5 Å². The van der Waals surface area contributed by atoms with Crippen molar-refractivity contribution in [1.82, 2.24) is 10.2 Å². The highest BCUT2D eigenvalue weighted by atomic mass is 16.6. The van der Waals surface area contributed by atoms with Crippen LogP contribution in [0.3, 0.4) is 0 Å². The molecule has 13 nitrogen and oxygen atoms in total. The summed E-state index contributed by atoms with van der Waals surface area (Å²) in [6.07, 6.45) is 2.10. The Kier molecular flexibility index (Phi) is 21.0. The fraction of sp³-hybridized carbons (Fsp3) is 0.912. The summed E-state index contributed by atoms with van der Waals surface area (Å²) >= 11 is 0. The van der Waals surface area contributed by atoms with Gasteiger partial charge >= 0.3 is 0 Å². The molecule has 0 aromatic carbocycles. The van der Waals surface area contributed by atoms with Crippen molar-refractivity contribution in [1.29, 1.82) is 0 Å². The molecule has 1 rings (SSSR count). The maximum absolute atomic E-state index is 12.6. The fourth-order valence-corrected chi connectivity index (χ4v) is 4.86. The van der Waals surface area contributed by atoms with Crippen LogP contribution >= 0.6 is 0 Å².